The van der Waals surface area contributed by atoms with Crippen molar-refractivity contribution in [3.8, 4) is 17.6 Å². The first-order chi connectivity index (χ1) is 18.5. The third-order valence-corrected chi connectivity index (χ3v) is 9.91. The highest BCUT2D eigenvalue weighted by Crippen LogP contribution is 2.38. The van der Waals surface area contributed by atoms with E-state index < -0.39 is 21.4 Å². The smallest absolute Gasteiger partial charge is 0.270 e. The number of nitriles is 1. The van der Waals surface area contributed by atoms with Crippen molar-refractivity contribution in [1.29, 1.82) is 5.26 Å². The monoisotopic (exact) mass is 588 g/mol. The molecule has 2 saturated heterocycles. The van der Waals surface area contributed by atoms with Gasteiger partial charge in [0.1, 0.15) is 21.8 Å². The van der Waals surface area contributed by atoms with Gasteiger partial charge >= 0.3 is 0 Å². The quantitative estimate of drug-likeness (QED) is 0.363. The number of carbonyl (C=O) groups excluding carboxylic acids is 1. The molecule has 0 radical (unpaired) electrons. The summed E-state index contributed by atoms with van der Waals surface area (Å²) in [5.41, 5.74) is 1.45. The average Bonchev–Trinajstić information content (AvgIpc) is 3.40. The van der Waals surface area contributed by atoms with Crippen LogP contribution in [0.4, 0.5) is 5.82 Å². The predicted octanol–water partition coefficient (Wildman–Crippen LogP) is 2.63. The molecule has 3 heterocycles. The number of nitrogens with one attached hydrogen (secondary N) is 1. The molecule has 2 aliphatic heterocycles. The number of thioether (sulfide) groups is 1. The maximum Gasteiger partial charge on any atom is 0.270 e. The van der Waals surface area contributed by atoms with Gasteiger partial charge in [-0.15, -0.1) is 0 Å². The third-order valence-electron chi connectivity index (χ3n) is 6.83. The molecule has 0 saturated carbocycles. The SMILES string of the molecule is COc1ccc(CCNc2c(/C=C3/SC(=S)N(C4CCS(=O)(=O)C4)C3=O)c(C)c(C#N)c(=O)n2C)cc1OC. The number of hydrogen-bond donors (Lipinski definition) is 1. The third kappa shape index (κ3) is 5.68. The molecule has 1 atom stereocenters. The van der Waals surface area contributed by atoms with Crippen LogP contribution in [0.1, 0.15) is 28.7 Å². The Morgan fingerprint density at radius 1 is 1.26 bits per heavy atom. The topological polar surface area (TPSA) is 131 Å². The van der Waals surface area contributed by atoms with Gasteiger partial charge in [-0.05, 0) is 49.1 Å². The summed E-state index contributed by atoms with van der Waals surface area (Å²) >= 11 is 6.52. The Hall–Kier alpha value is -3.34. The minimum atomic E-state index is -3.21. The summed E-state index contributed by atoms with van der Waals surface area (Å²) in [6.07, 6.45) is 2.55. The average molecular weight is 589 g/mol. The van der Waals surface area contributed by atoms with Crippen molar-refractivity contribution in [1.82, 2.24) is 9.47 Å². The minimum absolute atomic E-state index is 0.0212. The molecule has 1 aromatic carbocycles. The summed E-state index contributed by atoms with van der Waals surface area (Å²) < 4.78 is 36.3. The number of hydrogen-bond acceptors (Lipinski definition) is 10. The second kappa shape index (κ2) is 11.4. The van der Waals surface area contributed by atoms with E-state index >= 15 is 0 Å². The van der Waals surface area contributed by atoms with Crippen LogP contribution in [0.15, 0.2) is 27.9 Å². The fraction of sp³-hybridized carbons (Fsp3) is 0.385. The number of sulfone groups is 1. The highest BCUT2D eigenvalue weighted by Gasteiger charge is 2.42. The number of nitrogens with zero attached hydrogens (tertiary/aromatic N) is 3. The zero-order chi connectivity index (χ0) is 28.5. The van der Waals surface area contributed by atoms with E-state index in [1.165, 1.54) is 9.47 Å². The molecule has 0 bridgehead atoms. The lowest BCUT2D eigenvalue weighted by atomic mass is 10.0. The molecule has 0 spiro atoms. The Bertz CT molecular complexity index is 1590. The number of amides is 1. The van der Waals surface area contributed by atoms with Crippen LogP contribution in [0, 0.1) is 18.3 Å². The van der Waals surface area contributed by atoms with Crippen molar-refractivity contribution in [2.75, 3.05) is 37.6 Å². The Labute approximate surface area is 236 Å². The number of ether oxygens (including phenoxy) is 2. The van der Waals surface area contributed by atoms with Crippen molar-refractivity contribution in [3.05, 3.63) is 55.7 Å². The van der Waals surface area contributed by atoms with Gasteiger partial charge in [0.2, 0.25) is 0 Å². The van der Waals surface area contributed by atoms with Crippen molar-refractivity contribution >= 4 is 55.9 Å². The van der Waals surface area contributed by atoms with Gasteiger partial charge in [0.15, 0.2) is 21.3 Å². The summed E-state index contributed by atoms with van der Waals surface area (Å²) in [6, 6.07) is 7.09. The van der Waals surface area contributed by atoms with Gasteiger partial charge in [-0.25, -0.2) is 8.42 Å². The van der Waals surface area contributed by atoms with E-state index in [9.17, 15) is 23.3 Å². The molecule has 13 heteroatoms. The number of aromatic nitrogens is 1. The zero-order valence-electron chi connectivity index (χ0n) is 21.9. The fourth-order valence-electron chi connectivity index (χ4n) is 4.71. The maximum atomic E-state index is 13.3. The molecule has 2 aromatic rings. The van der Waals surface area contributed by atoms with E-state index in [1.54, 1.807) is 34.3 Å². The highest BCUT2D eigenvalue weighted by atomic mass is 32.2. The number of carbonyl (C=O) groups is 1. The first-order valence-electron chi connectivity index (χ1n) is 12.1. The van der Waals surface area contributed by atoms with Crippen LogP contribution in [0.5, 0.6) is 11.5 Å². The molecule has 4 rings (SSSR count). The summed E-state index contributed by atoms with van der Waals surface area (Å²) in [5, 5.41) is 13.0. The maximum absolute atomic E-state index is 13.3. The fourth-order valence-corrected chi connectivity index (χ4v) is 7.79. The van der Waals surface area contributed by atoms with Crippen molar-refractivity contribution in [2.45, 2.75) is 25.8 Å². The lowest BCUT2D eigenvalue weighted by Gasteiger charge is -2.21. The van der Waals surface area contributed by atoms with Gasteiger partial charge in [0.05, 0.1) is 36.7 Å². The number of rotatable bonds is 8. The summed E-state index contributed by atoms with van der Waals surface area (Å²) in [6.45, 7) is 2.10. The number of anilines is 1. The van der Waals surface area contributed by atoms with Crippen molar-refractivity contribution in [2.24, 2.45) is 7.05 Å². The Kier molecular flexibility index (Phi) is 8.39. The van der Waals surface area contributed by atoms with Crippen molar-refractivity contribution in [3.63, 3.8) is 0 Å². The van der Waals surface area contributed by atoms with Gasteiger partial charge in [0.25, 0.3) is 11.5 Å². The molecule has 206 valence electrons. The first-order valence-corrected chi connectivity index (χ1v) is 15.1. The second-order valence-corrected chi connectivity index (χ2v) is 13.1. The second-order valence-electron chi connectivity index (χ2n) is 9.21. The minimum Gasteiger partial charge on any atom is -0.493 e. The van der Waals surface area contributed by atoms with Gasteiger partial charge in [0, 0.05) is 19.2 Å². The van der Waals surface area contributed by atoms with Gasteiger partial charge in [-0.1, -0.05) is 30.0 Å². The molecule has 2 aliphatic rings. The highest BCUT2D eigenvalue weighted by molar-refractivity contribution is 8.26. The lowest BCUT2D eigenvalue weighted by molar-refractivity contribution is -0.123. The number of thiocarbonyl (C=S) groups is 1. The van der Waals surface area contributed by atoms with E-state index in [1.807, 2.05) is 24.3 Å². The van der Waals surface area contributed by atoms with Crippen LogP contribution < -0.4 is 20.3 Å². The van der Waals surface area contributed by atoms with Gasteiger partial charge in [-0.3, -0.25) is 19.1 Å². The molecule has 10 nitrogen and oxygen atoms in total. The normalized spacial score (nSPS) is 19.4. The molecular formula is C26H28N4O6S3. The van der Waals surface area contributed by atoms with Crippen LogP contribution in [0.2, 0.25) is 0 Å². The van der Waals surface area contributed by atoms with Gasteiger partial charge < -0.3 is 14.8 Å². The van der Waals surface area contributed by atoms with Crippen LogP contribution >= 0.6 is 24.0 Å². The van der Waals surface area contributed by atoms with E-state index in [0.29, 0.717) is 57.1 Å². The molecule has 1 aromatic heterocycles. The summed E-state index contributed by atoms with van der Waals surface area (Å²) in [4.78, 5) is 27.9. The number of benzene rings is 1. The molecule has 1 amide bonds. The number of pyridine rings is 1. The predicted molar refractivity (Wildman–Crippen MR) is 155 cm³/mol. The Morgan fingerprint density at radius 3 is 2.59 bits per heavy atom. The summed E-state index contributed by atoms with van der Waals surface area (Å²) in [5.74, 6) is 1.20. The standard InChI is InChI=1S/C26H28N4O6S3/c1-15-18(12-22-25(32)30(26(37)38-22)17-8-10-39(33,34)14-17)23(29(2)24(31)19(15)13-27)28-9-7-16-5-6-20(35-3)21(11-16)36-4/h5-6,11-12,17,28H,7-10,14H2,1-4H3/b22-12+. The van der Waals surface area contributed by atoms with Crippen LogP contribution in [0.25, 0.3) is 6.08 Å². The van der Waals surface area contributed by atoms with Crippen molar-refractivity contribution < 1.29 is 22.7 Å². The van der Waals surface area contributed by atoms with E-state index in [-0.39, 0.29) is 23.0 Å². The van der Waals surface area contributed by atoms with E-state index in [0.717, 1.165) is 17.3 Å². The molecule has 1 unspecified atom stereocenters. The number of methoxy groups -OCH3 is 2. The van der Waals surface area contributed by atoms with Gasteiger partial charge in [-0.2, -0.15) is 5.26 Å². The van der Waals surface area contributed by atoms with Crippen LogP contribution in [-0.4, -0.2) is 66.4 Å². The zero-order valence-corrected chi connectivity index (χ0v) is 24.4. The Balaban J connectivity index is 1.66. The Morgan fingerprint density at radius 2 is 1.97 bits per heavy atom. The first kappa shape index (κ1) is 28.7. The molecule has 2 fully saturated rings. The van der Waals surface area contributed by atoms with Crippen LogP contribution in [-0.2, 0) is 28.1 Å². The van der Waals surface area contributed by atoms with E-state index in [2.05, 4.69) is 5.32 Å². The summed E-state index contributed by atoms with van der Waals surface area (Å²) in [7, 11) is 1.48. The lowest BCUT2D eigenvalue weighted by Crippen LogP contribution is -2.39. The molecule has 1 N–H and O–H groups in total. The van der Waals surface area contributed by atoms with Crippen LogP contribution in [0.3, 0.4) is 0 Å². The molecular weight excluding hydrogens is 561 g/mol. The largest absolute Gasteiger partial charge is 0.493 e. The van der Waals surface area contributed by atoms with E-state index in [4.69, 9.17) is 21.7 Å². The molecule has 39 heavy (non-hydrogen) atoms. The molecule has 0 aliphatic carbocycles.